The second-order valence-electron chi connectivity index (χ2n) is 4.22. The molecule has 0 aliphatic carbocycles. The molecule has 1 radical (unpaired) electrons. The van der Waals surface area contributed by atoms with Crippen LogP contribution >= 0.6 is 0 Å². The molecule has 4 heteroatoms. The normalized spacial score (nSPS) is 11.7. The molecule has 0 bridgehead atoms. The SMILES string of the molecule is CCCc1cc(C[C@H]([NH3+])C(C)=O)ccc1O.[Ac]. The Morgan fingerprint density at radius 3 is 2.65 bits per heavy atom. The van der Waals surface area contributed by atoms with E-state index in [0.717, 1.165) is 24.0 Å². The van der Waals surface area contributed by atoms with Gasteiger partial charge in [-0.15, -0.1) is 0 Å². The number of carbonyl (C=O) groups excluding carboxylic acids is 1. The fourth-order valence-corrected chi connectivity index (χ4v) is 1.66. The van der Waals surface area contributed by atoms with E-state index in [-0.39, 0.29) is 55.9 Å². The van der Waals surface area contributed by atoms with E-state index in [9.17, 15) is 9.90 Å². The van der Waals surface area contributed by atoms with Crippen molar-refractivity contribution < 1.29 is 59.7 Å². The Labute approximate surface area is 138 Å². The van der Waals surface area contributed by atoms with Crippen molar-refractivity contribution in [3.05, 3.63) is 29.3 Å². The van der Waals surface area contributed by atoms with Crippen LogP contribution in [0, 0.1) is 44.1 Å². The first kappa shape index (κ1) is 17.1. The first-order chi connectivity index (χ1) is 7.54. The number of quaternary nitrogens is 1. The third-order valence-corrected chi connectivity index (χ3v) is 2.72. The van der Waals surface area contributed by atoms with Crippen molar-refractivity contribution in [2.75, 3.05) is 0 Å². The Bertz CT molecular complexity index is 380. The first-order valence-electron chi connectivity index (χ1n) is 5.69. The van der Waals surface area contributed by atoms with Gasteiger partial charge in [-0.25, -0.2) is 0 Å². The second-order valence-corrected chi connectivity index (χ2v) is 4.22. The van der Waals surface area contributed by atoms with Gasteiger partial charge in [0, 0.05) is 57.4 Å². The fraction of sp³-hybridized carbons (Fsp3) is 0.462. The molecule has 0 unspecified atom stereocenters. The minimum Gasteiger partial charge on any atom is -0.508 e. The fourth-order valence-electron chi connectivity index (χ4n) is 1.66. The van der Waals surface area contributed by atoms with Crippen LogP contribution in [0.5, 0.6) is 5.75 Å². The summed E-state index contributed by atoms with van der Waals surface area (Å²) in [4.78, 5) is 11.1. The Morgan fingerprint density at radius 2 is 2.12 bits per heavy atom. The van der Waals surface area contributed by atoms with E-state index in [1.807, 2.05) is 12.1 Å². The molecule has 91 valence electrons. The maximum absolute atomic E-state index is 11.1. The van der Waals surface area contributed by atoms with E-state index >= 15 is 0 Å². The number of aryl methyl sites for hydroxylation is 1. The van der Waals surface area contributed by atoms with Crippen molar-refractivity contribution in [3.8, 4) is 5.75 Å². The summed E-state index contributed by atoms with van der Waals surface area (Å²) in [5.41, 5.74) is 5.84. The molecule has 1 atom stereocenters. The minimum atomic E-state index is -0.195. The van der Waals surface area contributed by atoms with Gasteiger partial charge in [-0.05, 0) is 23.6 Å². The number of benzene rings is 1. The van der Waals surface area contributed by atoms with Crippen molar-refractivity contribution in [2.45, 2.75) is 39.2 Å². The number of carbonyl (C=O) groups is 1. The van der Waals surface area contributed by atoms with Gasteiger partial charge in [-0.2, -0.15) is 0 Å². The van der Waals surface area contributed by atoms with Crippen LogP contribution in [0.1, 0.15) is 31.4 Å². The van der Waals surface area contributed by atoms with Crippen molar-refractivity contribution >= 4 is 5.78 Å². The summed E-state index contributed by atoms with van der Waals surface area (Å²) in [6, 6.07) is 5.34. The third-order valence-electron chi connectivity index (χ3n) is 2.72. The average molecular weight is 449 g/mol. The smallest absolute Gasteiger partial charge is 0.187 e. The molecule has 3 nitrogen and oxygen atoms in total. The van der Waals surface area contributed by atoms with E-state index < -0.39 is 0 Å². The molecule has 0 saturated carbocycles. The van der Waals surface area contributed by atoms with Crippen LogP contribution in [0.4, 0.5) is 0 Å². The number of hydrogen-bond acceptors (Lipinski definition) is 2. The van der Waals surface area contributed by atoms with E-state index in [1.165, 1.54) is 0 Å². The Kier molecular flexibility index (Phi) is 8.28. The standard InChI is InChI=1S/C13H19NO2.Ac/c1-3-4-11-7-10(5-6-13(11)16)8-12(14)9(2)15;/h5-7,12,16H,3-4,8,14H2,1-2H3;/p+1/t12-;/m0./s1. The van der Waals surface area contributed by atoms with Gasteiger partial charge in [-0.1, -0.05) is 25.5 Å². The average Bonchev–Trinajstić information content (AvgIpc) is 2.23. The summed E-state index contributed by atoms with van der Waals surface area (Å²) < 4.78 is 0. The summed E-state index contributed by atoms with van der Waals surface area (Å²) >= 11 is 0. The zero-order valence-electron chi connectivity index (χ0n) is 10.6. The van der Waals surface area contributed by atoms with Gasteiger partial charge in [0.15, 0.2) is 5.78 Å². The molecule has 0 spiro atoms. The van der Waals surface area contributed by atoms with E-state index in [4.69, 9.17) is 0 Å². The number of rotatable bonds is 5. The largest absolute Gasteiger partial charge is 0.508 e. The predicted molar refractivity (Wildman–Crippen MR) is 63.2 cm³/mol. The van der Waals surface area contributed by atoms with Crippen LogP contribution < -0.4 is 5.73 Å². The van der Waals surface area contributed by atoms with E-state index in [2.05, 4.69) is 12.7 Å². The monoisotopic (exact) mass is 449 g/mol. The van der Waals surface area contributed by atoms with Crippen molar-refractivity contribution in [3.63, 3.8) is 0 Å². The molecule has 0 aliphatic rings. The maximum Gasteiger partial charge on any atom is 0.187 e. The van der Waals surface area contributed by atoms with Crippen LogP contribution in [-0.2, 0) is 17.6 Å². The molecule has 4 N–H and O–H groups in total. The molecule has 0 amide bonds. The molecule has 17 heavy (non-hydrogen) atoms. The van der Waals surface area contributed by atoms with Crippen molar-refractivity contribution in [2.24, 2.45) is 0 Å². The summed E-state index contributed by atoms with van der Waals surface area (Å²) in [7, 11) is 0. The van der Waals surface area contributed by atoms with E-state index in [1.54, 1.807) is 13.0 Å². The van der Waals surface area contributed by atoms with Gasteiger partial charge in [0.25, 0.3) is 0 Å². The topological polar surface area (TPSA) is 64.9 Å². The number of phenols is 1. The van der Waals surface area contributed by atoms with Gasteiger partial charge in [0.2, 0.25) is 0 Å². The quantitative estimate of drug-likeness (QED) is 0.707. The Hall–Kier alpha value is 0.0916. The number of hydrogen-bond donors (Lipinski definition) is 2. The molecule has 0 saturated heterocycles. The van der Waals surface area contributed by atoms with Crippen LogP contribution in [0.25, 0.3) is 0 Å². The Balaban J connectivity index is 0.00000256. The number of aromatic hydroxyl groups is 1. The summed E-state index contributed by atoms with van der Waals surface area (Å²) in [5.74, 6) is 0.444. The summed E-state index contributed by atoms with van der Waals surface area (Å²) in [6.07, 6.45) is 2.51. The molecule has 1 aromatic rings. The number of ketones is 1. The molecule has 0 aromatic heterocycles. The first-order valence-corrected chi connectivity index (χ1v) is 5.69. The molecule has 1 aromatic carbocycles. The molecular formula is C13H20AcNO2+. The number of phenolic OH excluding ortho intramolecular Hbond substituents is 1. The van der Waals surface area contributed by atoms with Gasteiger partial charge < -0.3 is 10.8 Å². The second kappa shape index (κ2) is 8.24. The molecule has 0 fully saturated rings. The molecule has 0 aliphatic heterocycles. The summed E-state index contributed by atoms with van der Waals surface area (Å²) in [6.45, 7) is 3.64. The molecule has 1 rings (SSSR count). The minimum absolute atomic E-state index is 0. The van der Waals surface area contributed by atoms with Crippen LogP contribution in [0.2, 0.25) is 0 Å². The molecule has 0 heterocycles. The van der Waals surface area contributed by atoms with Gasteiger partial charge in [0.1, 0.15) is 11.8 Å². The van der Waals surface area contributed by atoms with Gasteiger partial charge in [0.05, 0.1) is 0 Å². The predicted octanol–water partition coefficient (Wildman–Crippen LogP) is 1.09. The van der Waals surface area contributed by atoms with Crippen molar-refractivity contribution in [1.82, 2.24) is 0 Å². The van der Waals surface area contributed by atoms with Gasteiger partial charge >= 0.3 is 0 Å². The van der Waals surface area contributed by atoms with Crippen LogP contribution in [-0.4, -0.2) is 16.9 Å². The number of Topliss-reactive ketones (excluding diaryl/α,β-unsaturated/α-hetero) is 1. The molecular weight excluding hydrogens is 429 g/mol. The maximum atomic E-state index is 11.1. The third kappa shape index (κ3) is 5.51. The zero-order valence-corrected chi connectivity index (χ0v) is 15.3. The van der Waals surface area contributed by atoms with Crippen LogP contribution in [0.15, 0.2) is 18.2 Å². The van der Waals surface area contributed by atoms with Gasteiger partial charge in [-0.3, -0.25) is 4.79 Å². The Morgan fingerprint density at radius 1 is 1.47 bits per heavy atom. The summed E-state index contributed by atoms with van der Waals surface area (Å²) in [5, 5.41) is 9.63. The zero-order chi connectivity index (χ0) is 12.1. The van der Waals surface area contributed by atoms with Crippen molar-refractivity contribution in [1.29, 1.82) is 0 Å². The van der Waals surface area contributed by atoms with Crippen LogP contribution in [0.3, 0.4) is 0 Å². The van der Waals surface area contributed by atoms with E-state index in [0.29, 0.717) is 12.2 Å².